The summed E-state index contributed by atoms with van der Waals surface area (Å²) in [5.74, 6) is 0.964. The molecule has 3 aromatic rings. The molecule has 1 saturated heterocycles. The maximum atomic E-state index is 13.4. The van der Waals surface area contributed by atoms with Crippen molar-refractivity contribution in [3.05, 3.63) is 47.5 Å². The molecule has 1 N–H and O–H groups in total. The fraction of sp³-hybridized carbons (Fsp3) is 0.263. The first kappa shape index (κ1) is 18.3. The molecule has 2 heterocycles. The lowest BCUT2D eigenvalue weighted by atomic mass is 10.2. The number of hydrogen-bond acceptors (Lipinski definition) is 6. The summed E-state index contributed by atoms with van der Waals surface area (Å²) in [7, 11) is 1.66. The predicted molar refractivity (Wildman–Crippen MR) is 107 cm³/mol. The first-order valence-corrected chi connectivity index (χ1v) is 9.77. The van der Waals surface area contributed by atoms with E-state index in [2.05, 4.69) is 19.6 Å². The Morgan fingerprint density at radius 3 is 2.74 bits per heavy atom. The highest BCUT2D eigenvalue weighted by molar-refractivity contribution is 7.97. The Hall–Kier alpha value is -2.09. The summed E-state index contributed by atoms with van der Waals surface area (Å²) in [6.45, 7) is 2.13. The van der Waals surface area contributed by atoms with Gasteiger partial charge in [0, 0.05) is 30.2 Å². The van der Waals surface area contributed by atoms with Gasteiger partial charge in [-0.25, -0.2) is 18.7 Å². The number of benzene rings is 2. The lowest BCUT2D eigenvalue weighted by Crippen LogP contribution is -2.09. The molecule has 27 heavy (non-hydrogen) atoms. The Balaban J connectivity index is 1.72. The fourth-order valence-corrected chi connectivity index (χ4v) is 4.33. The SMILES string of the molecule is COc1cc2ncnc(Nc3ccc(F)c(Cl)c3)c2cc1SN1CCCC1. The van der Waals surface area contributed by atoms with Crippen LogP contribution in [0.15, 0.2) is 41.6 Å². The summed E-state index contributed by atoms with van der Waals surface area (Å²) >= 11 is 7.58. The van der Waals surface area contributed by atoms with Crippen molar-refractivity contribution in [1.82, 2.24) is 14.3 Å². The van der Waals surface area contributed by atoms with Gasteiger partial charge in [-0.3, -0.25) is 0 Å². The zero-order chi connectivity index (χ0) is 18.8. The number of anilines is 2. The van der Waals surface area contributed by atoms with Crippen LogP contribution < -0.4 is 10.1 Å². The highest BCUT2D eigenvalue weighted by Gasteiger charge is 2.17. The second-order valence-corrected chi connectivity index (χ2v) is 7.77. The van der Waals surface area contributed by atoms with Gasteiger partial charge >= 0.3 is 0 Å². The second-order valence-electron chi connectivity index (χ2n) is 6.22. The summed E-state index contributed by atoms with van der Waals surface area (Å²) in [4.78, 5) is 9.73. The first-order valence-electron chi connectivity index (χ1n) is 8.62. The van der Waals surface area contributed by atoms with Gasteiger partial charge in [-0.2, -0.15) is 0 Å². The van der Waals surface area contributed by atoms with Crippen molar-refractivity contribution in [3.8, 4) is 5.75 Å². The van der Waals surface area contributed by atoms with Crippen molar-refractivity contribution in [2.24, 2.45) is 0 Å². The highest BCUT2D eigenvalue weighted by atomic mass is 35.5. The van der Waals surface area contributed by atoms with Gasteiger partial charge in [-0.05, 0) is 49.1 Å². The minimum atomic E-state index is -0.455. The number of aromatic nitrogens is 2. The van der Waals surface area contributed by atoms with Crippen LogP contribution in [0.25, 0.3) is 10.9 Å². The van der Waals surface area contributed by atoms with Crippen LogP contribution in [0.4, 0.5) is 15.9 Å². The van der Waals surface area contributed by atoms with Crippen molar-refractivity contribution in [3.63, 3.8) is 0 Å². The summed E-state index contributed by atoms with van der Waals surface area (Å²) in [5, 5.41) is 4.13. The maximum absolute atomic E-state index is 13.4. The van der Waals surface area contributed by atoms with E-state index in [1.165, 1.54) is 31.3 Å². The average Bonchev–Trinajstić information content (AvgIpc) is 3.18. The van der Waals surface area contributed by atoms with Crippen LogP contribution in [-0.4, -0.2) is 34.5 Å². The molecule has 2 aromatic carbocycles. The van der Waals surface area contributed by atoms with Crippen molar-refractivity contribution >= 4 is 46.0 Å². The molecule has 0 aliphatic carbocycles. The van der Waals surface area contributed by atoms with Crippen molar-refractivity contribution in [2.75, 3.05) is 25.5 Å². The monoisotopic (exact) mass is 404 g/mol. The highest BCUT2D eigenvalue weighted by Crippen LogP contribution is 2.38. The molecule has 4 rings (SSSR count). The number of fused-ring (bicyclic) bond motifs is 1. The van der Waals surface area contributed by atoms with Crippen LogP contribution >= 0.6 is 23.5 Å². The Morgan fingerprint density at radius 1 is 1.19 bits per heavy atom. The van der Waals surface area contributed by atoms with E-state index in [9.17, 15) is 4.39 Å². The third kappa shape index (κ3) is 3.95. The smallest absolute Gasteiger partial charge is 0.141 e. The van der Waals surface area contributed by atoms with Gasteiger partial charge in [0.1, 0.15) is 23.7 Å². The largest absolute Gasteiger partial charge is 0.495 e. The van der Waals surface area contributed by atoms with Crippen LogP contribution in [0, 0.1) is 5.82 Å². The Morgan fingerprint density at radius 2 is 2.00 bits per heavy atom. The lowest BCUT2D eigenvalue weighted by Gasteiger charge is -2.17. The third-order valence-corrected chi connectivity index (χ3v) is 5.82. The molecule has 0 unspecified atom stereocenters. The van der Waals surface area contributed by atoms with E-state index in [-0.39, 0.29) is 5.02 Å². The van der Waals surface area contributed by atoms with Gasteiger partial charge in [-0.15, -0.1) is 0 Å². The van der Waals surface area contributed by atoms with Gasteiger partial charge in [0.05, 0.1) is 22.5 Å². The topological polar surface area (TPSA) is 50.3 Å². The molecule has 0 radical (unpaired) electrons. The molecule has 0 amide bonds. The molecule has 1 aliphatic rings. The van der Waals surface area contributed by atoms with E-state index in [4.69, 9.17) is 16.3 Å². The minimum Gasteiger partial charge on any atom is -0.495 e. The van der Waals surface area contributed by atoms with Gasteiger partial charge in [0.15, 0.2) is 0 Å². The summed E-state index contributed by atoms with van der Waals surface area (Å²) in [6.07, 6.45) is 3.91. The number of hydrogen-bond donors (Lipinski definition) is 1. The fourth-order valence-electron chi connectivity index (χ4n) is 3.02. The quantitative estimate of drug-likeness (QED) is 0.584. The van der Waals surface area contributed by atoms with Crippen molar-refractivity contribution < 1.29 is 9.13 Å². The molecule has 1 aliphatic heterocycles. The average molecular weight is 405 g/mol. The zero-order valence-electron chi connectivity index (χ0n) is 14.7. The zero-order valence-corrected chi connectivity index (χ0v) is 16.3. The van der Waals surface area contributed by atoms with Crippen LogP contribution in [0.3, 0.4) is 0 Å². The number of rotatable bonds is 5. The Kier molecular flexibility index (Phi) is 5.33. The number of ether oxygens (including phenoxy) is 1. The predicted octanol–water partition coefficient (Wildman–Crippen LogP) is 5.28. The molecule has 0 bridgehead atoms. The van der Waals surface area contributed by atoms with Crippen LogP contribution in [0.1, 0.15) is 12.8 Å². The van der Waals surface area contributed by atoms with E-state index < -0.39 is 5.82 Å². The molecule has 1 aromatic heterocycles. The summed E-state index contributed by atoms with van der Waals surface area (Å²) in [5.41, 5.74) is 1.43. The molecule has 0 saturated carbocycles. The molecular formula is C19H18ClFN4OS. The third-order valence-electron chi connectivity index (χ3n) is 4.40. The Labute approximate surface area is 166 Å². The van der Waals surface area contributed by atoms with E-state index in [1.54, 1.807) is 25.1 Å². The molecule has 0 spiro atoms. The van der Waals surface area contributed by atoms with E-state index in [1.807, 2.05) is 12.1 Å². The van der Waals surface area contributed by atoms with Crippen LogP contribution in [-0.2, 0) is 0 Å². The number of methoxy groups -OCH3 is 1. The number of nitrogens with one attached hydrogen (secondary N) is 1. The molecule has 0 atom stereocenters. The van der Waals surface area contributed by atoms with Gasteiger partial charge in [0.2, 0.25) is 0 Å². The minimum absolute atomic E-state index is 0.0605. The molecule has 140 valence electrons. The standard InChI is InChI=1S/C19H18ClFN4OS/c1-26-17-10-16-13(9-18(17)27-25-6-2-3-7-25)19(23-11-22-16)24-12-4-5-15(21)14(20)8-12/h4-5,8-11H,2-3,6-7H2,1H3,(H,22,23,24). The summed E-state index contributed by atoms with van der Waals surface area (Å²) in [6, 6.07) is 8.43. The Bertz CT molecular complexity index is 981. The molecule has 5 nitrogen and oxygen atoms in total. The molecule has 1 fully saturated rings. The van der Waals surface area contributed by atoms with E-state index >= 15 is 0 Å². The van der Waals surface area contributed by atoms with Crippen molar-refractivity contribution in [1.29, 1.82) is 0 Å². The van der Waals surface area contributed by atoms with Gasteiger partial charge < -0.3 is 10.1 Å². The second kappa shape index (κ2) is 7.88. The maximum Gasteiger partial charge on any atom is 0.141 e. The number of halogens is 2. The van der Waals surface area contributed by atoms with Gasteiger partial charge in [0.25, 0.3) is 0 Å². The summed E-state index contributed by atoms with van der Waals surface area (Å²) < 4.78 is 21.3. The first-order chi connectivity index (χ1) is 13.1. The van der Waals surface area contributed by atoms with Crippen LogP contribution in [0.2, 0.25) is 5.02 Å². The van der Waals surface area contributed by atoms with E-state index in [0.29, 0.717) is 11.5 Å². The molecule has 8 heteroatoms. The normalized spacial score (nSPS) is 14.6. The van der Waals surface area contributed by atoms with E-state index in [0.717, 1.165) is 34.6 Å². The van der Waals surface area contributed by atoms with Crippen LogP contribution in [0.5, 0.6) is 5.75 Å². The molecular weight excluding hydrogens is 387 g/mol. The van der Waals surface area contributed by atoms with Crippen molar-refractivity contribution in [2.45, 2.75) is 17.7 Å². The van der Waals surface area contributed by atoms with Gasteiger partial charge in [-0.1, -0.05) is 11.6 Å². The lowest BCUT2D eigenvalue weighted by molar-refractivity contribution is 0.404. The number of nitrogens with zero attached hydrogens (tertiary/aromatic N) is 3.